The summed E-state index contributed by atoms with van der Waals surface area (Å²) in [5.74, 6) is -0.234. The molecule has 7 nitrogen and oxygen atoms in total. The minimum Gasteiger partial charge on any atom is -0.462 e. The van der Waals surface area contributed by atoms with Crippen LogP contribution >= 0.6 is 0 Å². The van der Waals surface area contributed by atoms with Gasteiger partial charge in [0, 0.05) is 30.8 Å². The molecule has 0 aromatic carbocycles. The number of carbonyl (C=O) groups is 2. The van der Waals surface area contributed by atoms with E-state index in [1.807, 2.05) is 82.4 Å². The predicted octanol–water partition coefficient (Wildman–Crippen LogP) is 6.82. The van der Waals surface area contributed by atoms with Crippen molar-refractivity contribution in [1.82, 2.24) is 0 Å². The van der Waals surface area contributed by atoms with Crippen molar-refractivity contribution >= 4 is 11.9 Å². The summed E-state index contributed by atoms with van der Waals surface area (Å²) in [4.78, 5) is 23.9. The smallest absolute Gasteiger partial charge is 0.343 e. The van der Waals surface area contributed by atoms with Crippen LogP contribution < -0.4 is 0 Å². The number of ether oxygens (including phenoxy) is 3. The van der Waals surface area contributed by atoms with Crippen molar-refractivity contribution in [2.75, 3.05) is 0 Å². The van der Waals surface area contributed by atoms with Crippen LogP contribution in [0.5, 0.6) is 0 Å². The first-order valence-electron chi connectivity index (χ1n) is 15.7. The number of esters is 2. The van der Waals surface area contributed by atoms with Gasteiger partial charge in [-0.25, -0.2) is 4.79 Å². The van der Waals surface area contributed by atoms with E-state index in [0.29, 0.717) is 37.0 Å². The standard InChI is InChI=1S/C38H48O7/c1-25(15-16-32-35(4,5)23-31(43-27(3)39)24-37(32,8)42)13-11-9-10-12-14-26(2)19-30-20-28(34(41)44-30)17-18-38-33(45-38)21-29(40)22-36(38,6)7/h9-15,17-20,29,31,33,40,42H,21-24H2,1-8H3/b11-9+,12-10+,18-17+,25-13+,26-14+,30-19+/t16?,29-,31+,33-,37-,38-/m1/s1. The number of fused-ring (bicyclic) bond motifs is 1. The second-order valence-electron chi connectivity index (χ2n) is 14.3. The van der Waals surface area contributed by atoms with E-state index in [9.17, 15) is 19.8 Å². The van der Waals surface area contributed by atoms with Crippen molar-refractivity contribution in [3.63, 3.8) is 0 Å². The molecule has 2 heterocycles. The summed E-state index contributed by atoms with van der Waals surface area (Å²) in [5.41, 5.74) is 4.36. The molecule has 4 rings (SSSR count). The van der Waals surface area contributed by atoms with E-state index in [4.69, 9.17) is 14.2 Å². The largest absolute Gasteiger partial charge is 0.462 e. The van der Waals surface area contributed by atoms with Gasteiger partial charge in [0.1, 0.15) is 17.5 Å². The van der Waals surface area contributed by atoms with E-state index in [1.54, 1.807) is 19.1 Å². The Labute approximate surface area is 267 Å². The zero-order valence-electron chi connectivity index (χ0n) is 27.8. The average Bonchev–Trinajstić information content (AvgIpc) is 3.50. The summed E-state index contributed by atoms with van der Waals surface area (Å²) in [6, 6.07) is 0. The number of allylic oxidation sites excluding steroid dienone is 10. The van der Waals surface area contributed by atoms with Gasteiger partial charge in [-0.05, 0) is 80.6 Å². The molecule has 0 aromatic heterocycles. The van der Waals surface area contributed by atoms with Crippen LogP contribution in [0.4, 0.5) is 0 Å². The maximum absolute atomic E-state index is 12.5. The van der Waals surface area contributed by atoms with Gasteiger partial charge >= 0.3 is 11.9 Å². The molecule has 0 spiro atoms. The third-order valence-electron chi connectivity index (χ3n) is 9.08. The molecule has 0 unspecified atom stereocenters. The van der Waals surface area contributed by atoms with E-state index >= 15 is 0 Å². The minimum absolute atomic E-state index is 0.0179. The van der Waals surface area contributed by atoms with Gasteiger partial charge in [-0.1, -0.05) is 64.2 Å². The van der Waals surface area contributed by atoms with Crippen LogP contribution in [0.3, 0.4) is 0 Å². The first kappa shape index (κ1) is 34.4. The fourth-order valence-electron chi connectivity index (χ4n) is 7.02. The summed E-state index contributed by atoms with van der Waals surface area (Å²) in [6.45, 7) is 15.3. The lowest BCUT2D eigenvalue weighted by Crippen LogP contribution is -2.46. The van der Waals surface area contributed by atoms with Crippen LogP contribution in [0.2, 0.25) is 0 Å². The summed E-state index contributed by atoms with van der Waals surface area (Å²) in [7, 11) is 0. The molecule has 0 bridgehead atoms. The molecular formula is C38H48O7. The topological polar surface area (TPSA) is 106 Å². The molecule has 45 heavy (non-hydrogen) atoms. The van der Waals surface area contributed by atoms with Gasteiger partial charge in [0.15, 0.2) is 0 Å². The van der Waals surface area contributed by atoms with E-state index in [1.165, 1.54) is 6.92 Å². The van der Waals surface area contributed by atoms with E-state index < -0.39 is 11.2 Å². The average molecular weight is 617 g/mol. The molecule has 7 heteroatoms. The highest BCUT2D eigenvalue weighted by atomic mass is 16.6. The molecule has 0 amide bonds. The van der Waals surface area contributed by atoms with Crippen LogP contribution in [0, 0.1) is 10.8 Å². The Morgan fingerprint density at radius 3 is 2.29 bits per heavy atom. The summed E-state index contributed by atoms with van der Waals surface area (Å²) >= 11 is 0. The number of hydrogen-bond acceptors (Lipinski definition) is 7. The van der Waals surface area contributed by atoms with Gasteiger partial charge in [-0.2, -0.15) is 0 Å². The van der Waals surface area contributed by atoms with Crippen molar-refractivity contribution < 1.29 is 34.0 Å². The normalized spacial score (nSPS) is 33.8. The second kappa shape index (κ2) is 13.1. The van der Waals surface area contributed by atoms with E-state index in [0.717, 1.165) is 16.7 Å². The SMILES string of the molecule is CC(=O)O[C@H]1CC(C)(C)C(=C=C/C(C)=C/C=C/C=C/C=C(C)/C=C2C=C(/C=C/[C@@]34O[C@@H]3C[C@@H](O)CC4(C)C)C(=O)O\2)[C@](C)(O)C1. The Balaban J connectivity index is 1.34. The third kappa shape index (κ3) is 8.22. The Morgan fingerprint density at radius 1 is 1.00 bits per heavy atom. The number of cyclic esters (lactones) is 1. The Morgan fingerprint density at radius 2 is 1.67 bits per heavy atom. The predicted molar refractivity (Wildman–Crippen MR) is 175 cm³/mol. The van der Waals surface area contributed by atoms with Gasteiger partial charge in [0.05, 0.1) is 23.4 Å². The molecule has 2 N–H and O–H groups in total. The van der Waals surface area contributed by atoms with Crippen LogP contribution in [0.15, 0.2) is 101 Å². The number of carbonyl (C=O) groups excluding carboxylic acids is 2. The molecule has 3 fully saturated rings. The van der Waals surface area contributed by atoms with Crippen LogP contribution in [-0.2, 0) is 23.8 Å². The minimum atomic E-state index is -1.12. The number of rotatable bonds is 8. The molecular weight excluding hydrogens is 568 g/mol. The first-order chi connectivity index (χ1) is 20.9. The first-order valence-corrected chi connectivity index (χ1v) is 15.7. The molecule has 2 aliphatic carbocycles. The fourth-order valence-corrected chi connectivity index (χ4v) is 7.02. The summed E-state index contributed by atoms with van der Waals surface area (Å²) in [5, 5.41) is 21.2. The number of epoxide rings is 1. The highest BCUT2D eigenvalue weighted by molar-refractivity contribution is 5.95. The third-order valence-corrected chi connectivity index (χ3v) is 9.08. The van der Waals surface area contributed by atoms with Crippen molar-refractivity contribution in [3.8, 4) is 0 Å². The van der Waals surface area contributed by atoms with Gasteiger partial charge in [-0.3, -0.25) is 4.79 Å². The van der Waals surface area contributed by atoms with Crippen LogP contribution in [0.25, 0.3) is 0 Å². The van der Waals surface area contributed by atoms with Gasteiger partial charge in [-0.15, -0.1) is 5.73 Å². The fraction of sp³-hybridized carbons (Fsp3) is 0.500. The maximum atomic E-state index is 12.5. The maximum Gasteiger partial charge on any atom is 0.343 e. The zero-order valence-corrected chi connectivity index (χ0v) is 27.8. The Hall–Kier alpha value is -3.48. The number of aliphatic hydroxyl groups is 2. The van der Waals surface area contributed by atoms with Gasteiger partial charge < -0.3 is 24.4 Å². The lowest BCUT2D eigenvalue weighted by Gasteiger charge is -2.44. The lowest BCUT2D eigenvalue weighted by molar-refractivity contribution is -0.152. The van der Waals surface area contributed by atoms with Crippen molar-refractivity contribution in [2.45, 2.75) is 111 Å². The van der Waals surface area contributed by atoms with E-state index in [-0.39, 0.29) is 41.1 Å². The lowest BCUT2D eigenvalue weighted by atomic mass is 9.65. The Kier molecular flexibility index (Phi) is 10.0. The monoisotopic (exact) mass is 616 g/mol. The van der Waals surface area contributed by atoms with Gasteiger partial charge in [0.2, 0.25) is 0 Å². The highest BCUT2D eigenvalue weighted by Crippen LogP contribution is 2.59. The van der Waals surface area contributed by atoms with Crippen LogP contribution in [0.1, 0.15) is 81.1 Å². The molecule has 5 atom stereocenters. The molecule has 4 aliphatic rings. The molecule has 242 valence electrons. The molecule has 0 aromatic rings. The Bertz CT molecular complexity index is 1460. The summed E-state index contributed by atoms with van der Waals surface area (Å²) < 4.78 is 16.8. The zero-order chi connectivity index (χ0) is 33.2. The molecule has 1 saturated heterocycles. The summed E-state index contributed by atoms with van der Waals surface area (Å²) in [6.07, 6.45) is 22.3. The molecule has 2 saturated carbocycles. The number of hydrogen-bond donors (Lipinski definition) is 2. The second-order valence-corrected chi connectivity index (χ2v) is 14.3. The number of aliphatic hydroxyl groups excluding tert-OH is 1. The van der Waals surface area contributed by atoms with Crippen LogP contribution in [-0.4, -0.2) is 51.7 Å². The van der Waals surface area contributed by atoms with Crippen molar-refractivity contribution in [3.05, 3.63) is 101 Å². The van der Waals surface area contributed by atoms with Crippen molar-refractivity contribution in [2.24, 2.45) is 10.8 Å². The molecule has 2 aliphatic heterocycles. The highest BCUT2D eigenvalue weighted by Gasteiger charge is 2.66. The molecule has 0 radical (unpaired) electrons. The van der Waals surface area contributed by atoms with E-state index in [2.05, 4.69) is 19.6 Å². The van der Waals surface area contributed by atoms with Crippen molar-refractivity contribution in [1.29, 1.82) is 0 Å². The van der Waals surface area contributed by atoms with Gasteiger partial charge in [0.25, 0.3) is 0 Å². The quantitative estimate of drug-likeness (QED) is 0.133.